The number of allylic oxidation sites excluding steroid dienone is 1. The molecule has 1 heterocycles. The minimum Gasteiger partial charge on any atom is -0.497 e. The number of amides is 2. The first-order chi connectivity index (χ1) is 16.3. The first-order valence-corrected chi connectivity index (χ1v) is 11.5. The van der Waals surface area contributed by atoms with Gasteiger partial charge in [-0.15, -0.1) is 0 Å². The van der Waals surface area contributed by atoms with Crippen molar-refractivity contribution >= 4 is 17.6 Å². The summed E-state index contributed by atoms with van der Waals surface area (Å²) in [4.78, 5) is 39.0. The van der Waals surface area contributed by atoms with E-state index in [0.717, 1.165) is 30.4 Å². The van der Waals surface area contributed by atoms with Gasteiger partial charge in [0.1, 0.15) is 17.4 Å². The number of nitriles is 1. The second-order valence-corrected chi connectivity index (χ2v) is 8.99. The van der Waals surface area contributed by atoms with Crippen LogP contribution < -0.4 is 21.1 Å². The van der Waals surface area contributed by atoms with E-state index in [-0.39, 0.29) is 18.6 Å². The van der Waals surface area contributed by atoms with E-state index in [4.69, 9.17) is 20.5 Å². The Balaban J connectivity index is 1.78. The highest BCUT2D eigenvalue weighted by atomic mass is 16.6. The largest absolute Gasteiger partial charge is 0.497 e. The summed E-state index contributed by atoms with van der Waals surface area (Å²) < 4.78 is 10.5. The molecule has 1 fully saturated rings. The molecule has 1 saturated heterocycles. The molecule has 1 aromatic rings. The molecule has 0 aromatic heterocycles. The fourth-order valence-electron chi connectivity index (χ4n) is 3.96. The average Bonchev–Trinajstić information content (AvgIpc) is 3.37. The number of rotatable bonds is 12. The molecule has 1 aliphatic carbocycles. The van der Waals surface area contributed by atoms with Gasteiger partial charge in [-0.05, 0) is 50.3 Å². The van der Waals surface area contributed by atoms with Crippen molar-refractivity contribution < 1.29 is 23.9 Å². The van der Waals surface area contributed by atoms with Crippen LogP contribution >= 0.6 is 0 Å². The third-order valence-electron chi connectivity index (χ3n) is 6.21. The quantitative estimate of drug-likeness (QED) is 0.309. The molecule has 0 spiro atoms. The van der Waals surface area contributed by atoms with E-state index in [2.05, 4.69) is 16.7 Å². The molecule has 4 N–H and O–H groups in total. The van der Waals surface area contributed by atoms with E-state index in [1.807, 2.05) is 6.07 Å². The summed E-state index contributed by atoms with van der Waals surface area (Å²) in [5, 5.41) is 14.4. The number of nitrogens with zero attached hydrogens (tertiary/aromatic N) is 1. The molecule has 0 saturated carbocycles. The Morgan fingerprint density at radius 1 is 1.18 bits per heavy atom. The monoisotopic (exact) mass is 468 g/mol. The lowest BCUT2D eigenvalue weighted by molar-refractivity contribution is -0.133. The Kier molecular flexibility index (Phi) is 8.42. The first kappa shape index (κ1) is 25.4. The Morgan fingerprint density at radius 2 is 1.85 bits per heavy atom. The first-order valence-electron chi connectivity index (χ1n) is 11.5. The second-order valence-electron chi connectivity index (χ2n) is 8.99. The van der Waals surface area contributed by atoms with Crippen LogP contribution in [0.25, 0.3) is 0 Å². The Bertz CT molecular complexity index is 978. The van der Waals surface area contributed by atoms with Crippen LogP contribution in [0.4, 0.5) is 0 Å². The maximum Gasteiger partial charge on any atom is 0.243 e. The summed E-state index contributed by atoms with van der Waals surface area (Å²) in [6.45, 7) is 2.04. The standard InChI is InChI=1S/C25H32N4O5/c1-25(15-34-25)22(30)20(13-16-5-3-4-6-16)28-24(32)21(29-23(31)19(27)11-12-26)14-17-7-9-18(33-2)10-8-17/h5,7-10,19-21H,3-4,6,11,13-15,27H2,1-2H3,(H,28,32)(H,29,31)/t19-,20-,21-,25+/m0/s1. The summed E-state index contributed by atoms with van der Waals surface area (Å²) in [6.07, 6.45) is 5.43. The molecule has 0 radical (unpaired) electrons. The molecule has 9 heteroatoms. The SMILES string of the molecule is COc1ccc(C[C@H](NC(=O)[C@@H](N)CC#N)C(=O)N[C@@H](CC2=CCCC2)C(=O)[C@@]2(C)CO2)cc1. The number of Topliss-reactive ketones (excluding diaryl/α,β-unsaturated/α-hetero) is 1. The molecule has 2 amide bonds. The third-order valence-corrected chi connectivity index (χ3v) is 6.21. The van der Waals surface area contributed by atoms with Crippen molar-refractivity contribution in [2.45, 2.75) is 69.2 Å². The minimum absolute atomic E-state index is 0.173. The predicted molar refractivity (Wildman–Crippen MR) is 125 cm³/mol. The fraction of sp³-hybridized carbons (Fsp3) is 0.520. The minimum atomic E-state index is -1.06. The lowest BCUT2D eigenvalue weighted by atomic mass is 9.94. The van der Waals surface area contributed by atoms with Crippen molar-refractivity contribution in [1.29, 1.82) is 5.26 Å². The number of epoxide rings is 1. The Morgan fingerprint density at radius 3 is 2.41 bits per heavy atom. The highest BCUT2D eigenvalue weighted by Crippen LogP contribution is 2.31. The van der Waals surface area contributed by atoms with Crippen LogP contribution in [-0.4, -0.2) is 55.0 Å². The molecule has 0 unspecified atom stereocenters. The van der Waals surface area contributed by atoms with Crippen LogP contribution in [-0.2, 0) is 25.5 Å². The van der Waals surface area contributed by atoms with Gasteiger partial charge in [-0.1, -0.05) is 23.8 Å². The maximum atomic E-state index is 13.4. The van der Waals surface area contributed by atoms with Crippen LogP contribution in [0.5, 0.6) is 5.75 Å². The highest BCUT2D eigenvalue weighted by molar-refractivity contribution is 5.98. The van der Waals surface area contributed by atoms with Crippen LogP contribution in [0, 0.1) is 11.3 Å². The van der Waals surface area contributed by atoms with E-state index >= 15 is 0 Å². The van der Waals surface area contributed by atoms with Crippen LogP contribution in [0.1, 0.15) is 44.6 Å². The number of methoxy groups -OCH3 is 1. The van der Waals surface area contributed by atoms with Gasteiger partial charge >= 0.3 is 0 Å². The summed E-state index contributed by atoms with van der Waals surface area (Å²) in [5.41, 5.74) is 6.80. The van der Waals surface area contributed by atoms with Gasteiger partial charge < -0.3 is 25.8 Å². The van der Waals surface area contributed by atoms with Crippen molar-refractivity contribution in [2.75, 3.05) is 13.7 Å². The zero-order valence-corrected chi connectivity index (χ0v) is 19.6. The number of carbonyl (C=O) groups excluding carboxylic acids is 3. The highest BCUT2D eigenvalue weighted by Gasteiger charge is 2.50. The second kappa shape index (κ2) is 11.3. The normalized spacial score (nSPS) is 21.4. The van der Waals surface area contributed by atoms with Crippen LogP contribution in [0.2, 0.25) is 0 Å². The van der Waals surface area contributed by atoms with Gasteiger partial charge in [0.05, 0.1) is 38.3 Å². The topological polar surface area (TPSA) is 147 Å². The molecule has 0 bridgehead atoms. The third kappa shape index (κ3) is 6.65. The Hall–Kier alpha value is -3.22. The number of nitrogens with two attached hydrogens (primary N) is 1. The number of benzene rings is 1. The zero-order valence-electron chi connectivity index (χ0n) is 19.6. The molecule has 4 atom stereocenters. The van der Waals surface area contributed by atoms with Gasteiger partial charge in [-0.2, -0.15) is 5.26 Å². The molecular formula is C25H32N4O5. The number of ether oxygens (including phenoxy) is 2. The molecule has 9 nitrogen and oxygen atoms in total. The number of nitrogens with one attached hydrogen (secondary N) is 2. The number of carbonyl (C=O) groups is 3. The van der Waals surface area contributed by atoms with Gasteiger partial charge in [0.25, 0.3) is 0 Å². The van der Waals surface area contributed by atoms with Gasteiger partial charge in [0.2, 0.25) is 11.8 Å². The Labute approximate surface area is 199 Å². The number of hydrogen-bond acceptors (Lipinski definition) is 7. The number of hydrogen-bond donors (Lipinski definition) is 3. The van der Waals surface area contributed by atoms with E-state index in [9.17, 15) is 14.4 Å². The smallest absolute Gasteiger partial charge is 0.243 e. The lowest BCUT2D eigenvalue weighted by Gasteiger charge is -2.25. The van der Waals surface area contributed by atoms with Crippen molar-refractivity contribution in [3.8, 4) is 11.8 Å². The molecular weight excluding hydrogens is 436 g/mol. The summed E-state index contributed by atoms with van der Waals surface area (Å²) in [7, 11) is 1.56. The summed E-state index contributed by atoms with van der Waals surface area (Å²) in [5.74, 6) is -0.606. The van der Waals surface area contributed by atoms with Crippen molar-refractivity contribution in [1.82, 2.24) is 10.6 Å². The molecule has 1 aliphatic heterocycles. The average molecular weight is 469 g/mol. The van der Waals surface area contributed by atoms with Crippen LogP contribution in [0.15, 0.2) is 35.9 Å². The lowest BCUT2D eigenvalue weighted by Crippen LogP contribution is -2.56. The number of ketones is 1. The van der Waals surface area contributed by atoms with Gasteiger partial charge in [-0.25, -0.2) is 0 Å². The molecule has 2 aliphatic rings. The van der Waals surface area contributed by atoms with Crippen LogP contribution in [0.3, 0.4) is 0 Å². The summed E-state index contributed by atoms with van der Waals surface area (Å²) in [6, 6.07) is 6.18. The van der Waals surface area contributed by atoms with Crippen molar-refractivity contribution in [2.24, 2.45) is 5.73 Å². The predicted octanol–water partition coefficient (Wildman–Crippen LogP) is 1.31. The van der Waals surface area contributed by atoms with Gasteiger partial charge in [0.15, 0.2) is 5.78 Å². The molecule has 1 aromatic carbocycles. The van der Waals surface area contributed by atoms with Gasteiger partial charge in [-0.3, -0.25) is 14.4 Å². The van der Waals surface area contributed by atoms with Gasteiger partial charge in [0, 0.05) is 6.42 Å². The van der Waals surface area contributed by atoms with E-state index in [0.29, 0.717) is 18.8 Å². The summed E-state index contributed by atoms with van der Waals surface area (Å²) >= 11 is 0. The fourth-order valence-corrected chi connectivity index (χ4v) is 3.96. The van der Waals surface area contributed by atoms with E-state index in [1.165, 1.54) is 0 Å². The van der Waals surface area contributed by atoms with E-state index < -0.39 is 35.5 Å². The van der Waals surface area contributed by atoms with Crippen molar-refractivity contribution in [3.63, 3.8) is 0 Å². The zero-order chi connectivity index (χ0) is 24.7. The van der Waals surface area contributed by atoms with Crippen molar-refractivity contribution in [3.05, 3.63) is 41.5 Å². The van der Waals surface area contributed by atoms with E-state index in [1.54, 1.807) is 38.3 Å². The molecule has 34 heavy (non-hydrogen) atoms. The molecule has 182 valence electrons. The maximum absolute atomic E-state index is 13.4. The molecule has 3 rings (SSSR count).